The molecule has 0 spiro atoms. The third-order valence-corrected chi connectivity index (χ3v) is 1.89. The summed E-state index contributed by atoms with van der Waals surface area (Å²) in [7, 11) is 0. The fourth-order valence-electron chi connectivity index (χ4n) is 0.472. The summed E-state index contributed by atoms with van der Waals surface area (Å²) in [6, 6.07) is 0. The second kappa shape index (κ2) is 4.03. The van der Waals surface area contributed by atoms with Crippen LogP contribution in [0.4, 0.5) is 0 Å². The largest absolute Gasteiger partial charge is 0.369 e. The molecule has 1 rings (SSSR count). The van der Waals surface area contributed by atoms with Gasteiger partial charge in [0.1, 0.15) is 9.34 Å². The van der Waals surface area contributed by atoms with Gasteiger partial charge in [-0.1, -0.05) is 11.6 Å². The van der Waals surface area contributed by atoms with Crippen molar-refractivity contribution < 1.29 is 0 Å². The topological polar surface area (TPSA) is 89.7 Å². The van der Waals surface area contributed by atoms with Crippen LogP contribution in [0, 0.1) is 0 Å². The quantitative estimate of drug-likeness (QED) is 0.414. The van der Waals surface area contributed by atoms with Crippen LogP contribution in [0.25, 0.3) is 0 Å². The van der Waals surface area contributed by atoms with E-state index in [1.54, 1.807) is 0 Å². The number of nitrogens with zero attached hydrogens (tertiary/aromatic N) is 3. The Kier molecular flexibility index (Phi) is 3.01. The summed E-state index contributed by atoms with van der Waals surface area (Å²) in [4.78, 5) is 3.90. The first kappa shape index (κ1) is 8.95. The minimum atomic E-state index is -0.0890. The predicted molar refractivity (Wildman–Crippen MR) is 50.5 cm³/mol. The van der Waals surface area contributed by atoms with Crippen LogP contribution in [0.5, 0.6) is 0 Å². The average Bonchev–Trinajstić information content (AvgIpc) is 2.35. The van der Waals surface area contributed by atoms with E-state index in [-0.39, 0.29) is 5.96 Å². The van der Waals surface area contributed by atoms with Gasteiger partial charge >= 0.3 is 0 Å². The first-order valence-corrected chi connectivity index (χ1v) is 4.11. The van der Waals surface area contributed by atoms with Crippen LogP contribution >= 0.6 is 22.9 Å². The molecule has 0 unspecified atom stereocenters. The number of rotatable bonds is 2. The molecule has 1 aromatic rings. The molecular formula is C5H6ClN5S. The first-order valence-electron chi connectivity index (χ1n) is 2.92. The molecule has 5 nitrogen and oxygen atoms in total. The summed E-state index contributed by atoms with van der Waals surface area (Å²) >= 11 is 6.90. The van der Waals surface area contributed by atoms with Gasteiger partial charge in [-0.2, -0.15) is 5.10 Å². The number of aromatic nitrogens is 1. The highest BCUT2D eigenvalue weighted by Crippen LogP contribution is 2.16. The number of hydrogen-bond acceptors (Lipinski definition) is 4. The highest BCUT2D eigenvalue weighted by molar-refractivity contribution is 7.17. The van der Waals surface area contributed by atoms with Crippen LogP contribution < -0.4 is 11.5 Å². The maximum atomic E-state index is 5.61. The van der Waals surface area contributed by atoms with E-state index in [0.29, 0.717) is 9.34 Å². The Bertz CT molecular complexity index is 313. The van der Waals surface area contributed by atoms with E-state index in [1.807, 2.05) is 0 Å². The van der Waals surface area contributed by atoms with Crippen molar-refractivity contribution >= 4 is 35.1 Å². The first-order chi connectivity index (χ1) is 5.68. The molecule has 0 aliphatic rings. The Morgan fingerprint density at radius 2 is 2.42 bits per heavy atom. The molecule has 0 aromatic carbocycles. The van der Waals surface area contributed by atoms with Crippen molar-refractivity contribution in [2.75, 3.05) is 0 Å². The van der Waals surface area contributed by atoms with E-state index < -0.39 is 0 Å². The SMILES string of the molecule is NC(N)=N/N=C/c1ncc(Cl)s1. The van der Waals surface area contributed by atoms with Crippen LogP contribution in [0.2, 0.25) is 4.34 Å². The average molecular weight is 204 g/mol. The lowest BCUT2D eigenvalue weighted by Crippen LogP contribution is -2.21. The van der Waals surface area contributed by atoms with Gasteiger partial charge in [-0.15, -0.1) is 16.4 Å². The summed E-state index contributed by atoms with van der Waals surface area (Å²) in [6.45, 7) is 0. The standard InChI is InChI=1S/C5H6ClN5S/c6-3-1-9-4(12-3)2-10-11-5(7)8/h1-2H,(H4,7,8,11)/b10-2+. The van der Waals surface area contributed by atoms with Crippen molar-refractivity contribution in [2.24, 2.45) is 21.7 Å². The van der Waals surface area contributed by atoms with Crippen molar-refractivity contribution in [2.45, 2.75) is 0 Å². The minimum absolute atomic E-state index is 0.0890. The molecule has 64 valence electrons. The van der Waals surface area contributed by atoms with Crippen molar-refractivity contribution in [3.8, 4) is 0 Å². The van der Waals surface area contributed by atoms with E-state index >= 15 is 0 Å². The van der Waals surface area contributed by atoms with Crippen molar-refractivity contribution in [3.63, 3.8) is 0 Å². The summed E-state index contributed by atoms with van der Waals surface area (Å²) < 4.78 is 0.598. The number of halogens is 1. The van der Waals surface area contributed by atoms with Gasteiger partial charge in [0, 0.05) is 0 Å². The molecule has 0 atom stereocenters. The fourth-order valence-corrected chi connectivity index (χ4v) is 1.27. The van der Waals surface area contributed by atoms with Gasteiger partial charge in [-0.25, -0.2) is 4.98 Å². The van der Waals surface area contributed by atoms with Crippen LogP contribution in [0.1, 0.15) is 5.01 Å². The van der Waals surface area contributed by atoms with Gasteiger partial charge in [0.2, 0.25) is 5.96 Å². The van der Waals surface area contributed by atoms with Gasteiger partial charge in [0.05, 0.1) is 12.4 Å². The zero-order valence-electron chi connectivity index (χ0n) is 5.94. The number of thiazole rings is 1. The number of guanidine groups is 1. The van der Waals surface area contributed by atoms with Crippen molar-refractivity contribution in [3.05, 3.63) is 15.5 Å². The van der Waals surface area contributed by atoms with E-state index in [9.17, 15) is 0 Å². The molecule has 0 radical (unpaired) electrons. The Hall–Kier alpha value is -1.14. The zero-order valence-corrected chi connectivity index (χ0v) is 7.51. The van der Waals surface area contributed by atoms with Crippen LogP contribution in [0.3, 0.4) is 0 Å². The molecule has 0 aliphatic heterocycles. The molecule has 0 fully saturated rings. The third kappa shape index (κ3) is 2.85. The maximum Gasteiger partial charge on any atom is 0.211 e. The molecule has 0 bridgehead atoms. The van der Waals surface area contributed by atoms with Gasteiger partial charge in [-0.05, 0) is 0 Å². The van der Waals surface area contributed by atoms with Crippen LogP contribution in [-0.4, -0.2) is 17.2 Å². The van der Waals surface area contributed by atoms with Crippen molar-refractivity contribution in [1.29, 1.82) is 0 Å². The molecule has 1 heterocycles. The summed E-state index contributed by atoms with van der Waals surface area (Å²) in [5, 5.41) is 7.61. The fraction of sp³-hybridized carbons (Fsp3) is 0. The van der Waals surface area contributed by atoms with Crippen molar-refractivity contribution in [1.82, 2.24) is 4.98 Å². The zero-order chi connectivity index (χ0) is 8.97. The summed E-state index contributed by atoms with van der Waals surface area (Å²) in [5.41, 5.74) is 10.1. The van der Waals surface area contributed by atoms with Gasteiger partial charge < -0.3 is 11.5 Å². The highest BCUT2D eigenvalue weighted by Gasteiger charge is 1.94. The normalized spacial score (nSPS) is 10.4. The molecular weight excluding hydrogens is 198 g/mol. The predicted octanol–water partition coefficient (Wildman–Crippen LogP) is 0.404. The Labute approximate surface area is 77.8 Å². The second-order valence-corrected chi connectivity index (χ2v) is 3.47. The summed E-state index contributed by atoms with van der Waals surface area (Å²) in [5.74, 6) is -0.0890. The van der Waals surface area contributed by atoms with Gasteiger partial charge in [0.25, 0.3) is 0 Å². The third-order valence-electron chi connectivity index (χ3n) is 0.837. The lowest BCUT2D eigenvalue weighted by Gasteiger charge is -1.81. The molecule has 12 heavy (non-hydrogen) atoms. The van der Waals surface area contributed by atoms with Crippen LogP contribution in [-0.2, 0) is 0 Å². The molecule has 1 aromatic heterocycles. The van der Waals surface area contributed by atoms with E-state index in [1.165, 1.54) is 23.7 Å². The molecule has 0 aliphatic carbocycles. The van der Waals surface area contributed by atoms with E-state index in [0.717, 1.165) is 0 Å². The molecule has 0 amide bonds. The molecule has 0 saturated carbocycles. The second-order valence-electron chi connectivity index (χ2n) is 1.77. The Morgan fingerprint density at radius 3 is 2.92 bits per heavy atom. The number of nitrogens with two attached hydrogens (primary N) is 2. The van der Waals surface area contributed by atoms with Crippen LogP contribution in [0.15, 0.2) is 16.4 Å². The molecule has 4 N–H and O–H groups in total. The number of hydrogen-bond donors (Lipinski definition) is 2. The minimum Gasteiger partial charge on any atom is -0.369 e. The monoisotopic (exact) mass is 203 g/mol. The highest BCUT2D eigenvalue weighted by atomic mass is 35.5. The lowest BCUT2D eigenvalue weighted by molar-refractivity contribution is 1.21. The smallest absolute Gasteiger partial charge is 0.211 e. The Morgan fingerprint density at radius 1 is 1.67 bits per heavy atom. The lowest BCUT2D eigenvalue weighted by atomic mass is 10.8. The van der Waals surface area contributed by atoms with E-state index in [2.05, 4.69) is 15.2 Å². The molecule has 7 heteroatoms. The maximum absolute atomic E-state index is 5.61. The molecule has 0 saturated heterocycles. The Balaban J connectivity index is 2.64. The van der Waals surface area contributed by atoms with Gasteiger partial charge in [-0.3, -0.25) is 0 Å². The van der Waals surface area contributed by atoms with E-state index in [4.69, 9.17) is 23.1 Å². The summed E-state index contributed by atoms with van der Waals surface area (Å²) in [6.07, 6.45) is 2.96. The van der Waals surface area contributed by atoms with Gasteiger partial charge in [0.15, 0.2) is 0 Å².